The third-order valence-electron chi connectivity index (χ3n) is 8.70. The highest BCUT2D eigenvalue weighted by atomic mass is 19.1. The number of halogens is 2. The molecule has 4 amide bonds. The number of rotatable bonds is 6. The highest BCUT2D eigenvalue weighted by Crippen LogP contribution is 2.48. The maximum atomic E-state index is 14.6. The molecule has 2 heterocycles. The Kier molecular flexibility index (Phi) is 5.50. The Morgan fingerprint density at radius 2 is 1.98 bits per heavy atom. The molecule has 0 aromatic heterocycles. The molecule has 11 heteroatoms. The normalized spacial score (nSPS) is 25.7. The van der Waals surface area contributed by atoms with E-state index in [-0.39, 0.29) is 54.5 Å². The fraction of sp³-hybridized carbons (Fsp3) is 0.433. The van der Waals surface area contributed by atoms with Gasteiger partial charge in [-0.05, 0) is 42.9 Å². The molecular formula is C30H29F2N5O4. The summed E-state index contributed by atoms with van der Waals surface area (Å²) in [6.45, 7) is 4.37. The number of nitrogens with zero attached hydrogens (tertiary/aromatic N) is 3. The molecular weight excluding hydrogens is 532 g/mol. The predicted octanol–water partition coefficient (Wildman–Crippen LogP) is 3.06. The third-order valence-corrected chi connectivity index (χ3v) is 8.70. The van der Waals surface area contributed by atoms with Gasteiger partial charge in [0, 0.05) is 35.0 Å². The summed E-state index contributed by atoms with van der Waals surface area (Å²) in [6.07, 6.45) is 0.674. The molecule has 3 fully saturated rings. The molecule has 0 unspecified atom stereocenters. The van der Waals surface area contributed by atoms with E-state index in [2.05, 4.69) is 15.5 Å². The number of carbonyl (C=O) groups is 4. The first-order valence-electron chi connectivity index (χ1n) is 15.0. The number of likely N-dealkylation sites (tertiary alicyclic amines) is 1. The van der Waals surface area contributed by atoms with Crippen LogP contribution in [0.1, 0.15) is 53.8 Å². The number of anilines is 1. The van der Waals surface area contributed by atoms with Gasteiger partial charge in [0.15, 0.2) is 0 Å². The molecule has 1 spiro atoms. The van der Waals surface area contributed by atoms with Crippen molar-refractivity contribution in [3.8, 4) is 0 Å². The van der Waals surface area contributed by atoms with Crippen LogP contribution in [0.25, 0.3) is 4.85 Å². The van der Waals surface area contributed by atoms with E-state index in [1.807, 2.05) is 0 Å². The van der Waals surface area contributed by atoms with Crippen LogP contribution in [0.15, 0.2) is 42.5 Å². The van der Waals surface area contributed by atoms with Gasteiger partial charge in [0.1, 0.15) is 23.1 Å². The van der Waals surface area contributed by atoms with E-state index < -0.39 is 59.5 Å². The van der Waals surface area contributed by atoms with Gasteiger partial charge in [0.25, 0.3) is 5.91 Å². The molecule has 2 N–H and O–H groups in total. The van der Waals surface area contributed by atoms with Crippen molar-refractivity contribution in [1.29, 1.82) is 0 Å². The molecule has 1 saturated heterocycles. The van der Waals surface area contributed by atoms with Gasteiger partial charge in [-0.25, -0.2) is 15.4 Å². The lowest BCUT2D eigenvalue weighted by atomic mass is 9.80. The van der Waals surface area contributed by atoms with Crippen LogP contribution in [0, 0.1) is 24.1 Å². The number of nitrogens with one attached hydrogen (secondary N) is 2. The Balaban J connectivity index is 1.30. The number of amides is 4. The second kappa shape index (κ2) is 9.65. The Morgan fingerprint density at radius 3 is 2.63 bits per heavy atom. The van der Waals surface area contributed by atoms with Gasteiger partial charge < -0.3 is 15.5 Å². The molecule has 2 aliphatic carbocycles. The van der Waals surface area contributed by atoms with Crippen LogP contribution in [-0.2, 0) is 30.1 Å². The fourth-order valence-corrected chi connectivity index (χ4v) is 6.12. The minimum Gasteiger partial charge on any atom is -0.338 e. The zero-order chi connectivity index (χ0) is 31.6. The summed E-state index contributed by atoms with van der Waals surface area (Å²) in [4.78, 5) is 59.5. The Bertz CT molecular complexity index is 1620. The van der Waals surface area contributed by atoms with Crippen molar-refractivity contribution in [3.05, 3.63) is 76.6 Å². The summed E-state index contributed by atoms with van der Waals surface area (Å²) in [7, 11) is 0. The van der Waals surface area contributed by atoms with Crippen LogP contribution < -0.4 is 10.6 Å². The largest absolute Gasteiger partial charge is 0.338 e. The molecule has 212 valence electrons. The van der Waals surface area contributed by atoms with Crippen molar-refractivity contribution >= 4 is 29.3 Å². The van der Waals surface area contributed by atoms with Crippen molar-refractivity contribution in [1.82, 2.24) is 15.1 Å². The van der Waals surface area contributed by atoms with Crippen LogP contribution in [0.5, 0.6) is 0 Å². The smallest absolute Gasteiger partial charge is 0.312 e. The number of benzene rings is 2. The number of hydrogen-bond donors (Lipinski definition) is 2. The first-order valence-corrected chi connectivity index (χ1v) is 13.5. The van der Waals surface area contributed by atoms with Crippen LogP contribution in [0.4, 0.5) is 14.5 Å². The van der Waals surface area contributed by atoms with Gasteiger partial charge in [-0.3, -0.25) is 28.9 Å². The molecule has 41 heavy (non-hydrogen) atoms. The van der Waals surface area contributed by atoms with Gasteiger partial charge >= 0.3 is 18.0 Å². The first-order chi connectivity index (χ1) is 20.8. The second-order valence-electron chi connectivity index (χ2n) is 11.4. The lowest BCUT2D eigenvalue weighted by Gasteiger charge is -2.31. The van der Waals surface area contributed by atoms with Crippen molar-refractivity contribution < 1.29 is 32.1 Å². The van der Waals surface area contributed by atoms with Gasteiger partial charge in [-0.1, -0.05) is 37.1 Å². The number of carbonyl (C=O) groups excluding carboxylic acids is 4. The Morgan fingerprint density at radius 1 is 1.22 bits per heavy atom. The lowest BCUT2D eigenvalue weighted by Crippen LogP contribution is -2.55. The third kappa shape index (κ3) is 4.51. The summed E-state index contributed by atoms with van der Waals surface area (Å²) in [5, 5.41) is 5.24. The molecule has 4 aliphatic rings. The minimum absolute atomic E-state index is 0.0187. The highest BCUT2D eigenvalue weighted by molar-refractivity contribution is 6.35. The van der Waals surface area contributed by atoms with E-state index in [9.17, 15) is 28.0 Å². The summed E-state index contributed by atoms with van der Waals surface area (Å²) >= 11 is 0. The standard InChI is InChI=1S/C30H29F2N5O4/c1-33-24-15-29(20-5-3-4-6-22(20)34-28(29)41)16-37(24)26(39)23(13-17-7-8-17)36(2)27(40)25(38)35-30(11-12-30)19-10-9-18(31)14-21(19)32/h3-6,9-10,14,17,23-24H,7-8,11-13,15-16H2,2H3,(H,34,41)(H,35,38)/t23-,24-,29-/m0/s1/i2D3. The van der Waals surface area contributed by atoms with E-state index in [4.69, 9.17) is 10.7 Å². The zero-order valence-electron chi connectivity index (χ0n) is 25.0. The summed E-state index contributed by atoms with van der Waals surface area (Å²) < 4.78 is 52.6. The van der Waals surface area contributed by atoms with Gasteiger partial charge in [0.05, 0.1) is 12.0 Å². The second-order valence-corrected chi connectivity index (χ2v) is 11.4. The molecule has 6 rings (SSSR count). The van der Waals surface area contributed by atoms with Crippen LogP contribution in [0.3, 0.4) is 0 Å². The maximum Gasteiger partial charge on any atom is 0.312 e. The Labute approximate surface area is 239 Å². The highest BCUT2D eigenvalue weighted by Gasteiger charge is 2.59. The van der Waals surface area contributed by atoms with Gasteiger partial charge in [-0.15, -0.1) is 0 Å². The molecule has 2 aromatic carbocycles. The van der Waals surface area contributed by atoms with E-state index in [0.29, 0.717) is 30.2 Å². The lowest BCUT2D eigenvalue weighted by molar-refractivity contribution is -0.151. The van der Waals surface area contributed by atoms with Crippen LogP contribution in [-0.4, -0.2) is 59.2 Å². The summed E-state index contributed by atoms with van der Waals surface area (Å²) in [5.41, 5.74) is -1.40. The molecule has 3 atom stereocenters. The van der Waals surface area contributed by atoms with E-state index in [0.717, 1.165) is 17.0 Å². The van der Waals surface area contributed by atoms with Crippen molar-refractivity contribution in [2.75, 3.05) is 18.8 Å². The van der Waals surface area contributed by atoms with E-state index >= 15 is 0 Å². The quantitative estimate of drug-likeness (QED) is 0.416. The fourth-order valence-electron chi connectivity index (χ4n) is 6.12. The van der Waals surface area contributed by atoms with Crippen molar-refractivity contribution in [2.24, 2.45) is 5.92 Å². The molecule has 0 radical (unpaired) electrons. The monoisotopic (exact) mass is 564 g/mol. The number of para-hydroxylation sites is 1. The molecule has 2 aromatic rings. The zero-order valence-corrected chi connectivity index (χ0v) is 22.0. The van der Waals surface area contributed by atoms with E-state index in [1.165, 1.54) is 0 Å². The molecule has 9 nitrogen and oxygen atoms in total. The average molecular weight is 565 g/mol. The van der Waals surface area contributed by atoms with Crippen LogP contribution >= 0.6 is 0 Å². The predicted molar refractivity (Wildman–Crippen MR) is 143 cm³/mol. The SMILES string of the molecule is [2H]C([2H])([2H])N(C(=O)C(=O)NC1(c2ccc(F)cc2F)CC1)[C@@H](CC1CC1)C(=O)N1C[C@]2(C[C@H]1[N+]#[C-])C(=O)Nc1ccccc12. The van der Waals surface area contributed by atoms with Crippen molar-refractivity contribution in [2.45, 2.75) is 61.7 Å². The summed E-state index contributed by atoms with van der Waals surface area (Å²) in [6, 6.07) is 8.16. The minimum atomic E-state index is -3.23. The maximum absolute atomic E-state index is 14.6. The Hall–Kier alpha value is -4.33. The molecule has 0 bridgehead atoms. The average Bonchev–Trinajstić information content (AvgIpc) is 3.88. The van der Waals surface area contributed by atoms with Crippen molar-refractivity contribution in [3.63, 3.8) is 0 Å². The topological polar surface area (TPSA) is 103 Å². The van der Waals surface area contributed by atoms with Gasteiger partial charge in [0.2, 0.25) is 5.91 Å². The number of hydrogen-bond acceptors (Lipinski definition) is 4. The molecule has 2 saturated carbocycles. The van der Waals surface area contributed by atoms with Gasteiger partial charge in [-0.2, -0.15) is 0 Å². The molecule has 2 aliphatic heterocycles. The van der Waals surface area contributed by atoms with E-state index in [1.54, 1.807) is 24.3 Å². The first kappa shape index (κ1) is 23.4. The van der Waals surface area contributed by atoms with Crippen LogP contribution in [0.2, 0.25) is 0 Å². The summed E-state index contributed by atoms with van der Waals surface area (Å²) in [5.74, 6) is -5.89. The number of fused-ring (bicyclic) bond motifs is 2. The number of likely N-dealkylation sites (N-methyl/N-ethyl adjacent to an activating group) is 1.